The van der Waals surface area contributed by atoms with Gasteiger partial charge in [0.05, 0.1) is 13.2 Å². The van der Waals surface area contributed by atoms with Gasteiger partial charge in [0.1, 0.15) is 0 Å². The van der Waals surface area contributed by atoms with E-state index in [-0.39, 0.29) is 0 Å². The van der Waals surface area contributed by atoms with E-state index in [0.29, 0.717) is 19.3 Å². The second-order valence-corrected chi connectivity index (χ2v) is 3.35. The standard InChI is InChI=1S/C11H23NO2/c1-5-12-11(10(2)3)6-7-14-9-8-13-4/h11-12H,2,5-9H2,1,3-4H3. The first-order chi connectivity index (χ1) is 6.72. The number of ether oxygens (including phenoxy) is 2. The molecule has 0 fully saturated rings. The first kappa shape index (κ1) is 13.6. The smallest absolute Gasteiger partial charge is 0.0700 e. The molecule has 84 valence electrons. The molecule has 0 aliphatic carbocycles. The molecule has 0 aromatic rings. The maximum absolute atomic E-state index is 5.39. The lowest BCUT2D eigenvalue weighted by Crippen LogP contribution is -2.31. The van der Waals surface area contributed by atoms with Crippen molar-refractivity contribution in [2.24, 2.45) is 0 Å². The summed E-state index contributed by atoms with van der Waals surface area (Å²) in [6, 6.07) is 0.377. The van der Waals surface area contributed by atoms with Crippen LogP contribution in [0.3, 0.4) is 0 Å². The molecule has 0 saturated heterocycles. The summed E-state index contributed by atoms with van der Waals surface area (Å²) in [5.41, 5.74) is 1.17. The lowest BCUT2D eigenvalue weighted by Gasteiger charge is -2.17. The van der Waals surface area contributed by atoms with Crippen LogP contribution < -0.4 is 5.32 Å². The molecule has 3 nitrogen and oxygen atoms in total. The quantitative estimate of drug-likeness (QED) is 0.454. The van der Waals surface area contributed by atoms with Crippen molar-refractivity contribution in [2.75, 3.05) is 33.5 Å². The number of methoxy groups -OCH3 is 1. The summed E-state index contributed by atoms with van der Waals surface area (Å²) < 4.78 is 10.3. The third kappa shape index (κ3) is 7.06. The molecule has 0 heterocycles. The number of nitrogens with one attached hydrogen (secondary N) is 1. The Labute approximate surface area is 87.5 Å². The molecule has 0 radical (unpaired) electrons. The molecule has 1 N–H and O–H groups in total. The van der Waals surface area contributed by atoms with Crippen LogP contribution in [0.5, 0.6) is 0 Å². The predicted octanol–water partition coefficient (Wildman–Crippen LogP) is 1.59. The topological polar surface area (TPSA) is 30.5 Å². The molecule has 0 aliphatic rings. The van der Waals surface area contributed by atoms with Crippen molar-refractivity contribution in [2.45, 2.75) is 26.3 Å². The van der Waals surface area contributed by atoms with Crippen LogP contribution in [-0.4, -0.2) is 39.5 Å². The van der Waals surface area contributed by atoms with E-state index < -0.39 is 0 Å². The first-order valence-electron chi connectivity index (χ1n) is 5.17. The third-order valence-electron chi connectivity index (χ3n) is 2.03. The van der Waals surface area contributed by atoms with E-state index in [9.17, 15) is 0 Å². The van der Waals surface area contributed by atoms with Crippen LogP contribution in [-0.2, 0) is 9.47 Å². The minimum Gasteiger partial charge on any atom is -0.382 e. The molecular weight excluding hydrogens is 178 g/mol. The summed E-state index contributed by atoms with van der Waals surface area (Å²) in [4.78, 5) is 0. The van der Waals surface area contributed by atoms with Crippen molar-refractivity contribution in [3.8, 4) is 0 Å². The molecule has 0 rings (SSSR count). The van der Waals surface area contributed by atoms with E-state index >= 15 is 0 Å². The fourth-order valence-corrected chi connectivity index (χ4v) is 1.21. The van der Waals surface area contributed by atoms with Gasteiger partial charge in [-0.1, -0.05) is 19.1 Å². The number of likely N-dealkylation sites (N-methyl/N-ethyl adjacent to an activating group) is 1. The summed E-state index contributed by atoms with van der Waals surface area (Å²) in [6.45, 7) is 11.2. The summed E-state index contributed by atoms with van der Waals surface area (Å²) in [5.74, 6) is 0. The van der Waals surface area contributed by atoms with Crippen molar-refractivity contribution in [1.29, 1.82) is 0 Å². The highest BCUT2D eigenvalue weighted by molar-refractivity contribution is 5.01. The number of hydrogen-bond donors (Lipinski definition) is 1. The Bertz CT molecular complexity index is 148. The lowest BCUT2D eigenvalue weighted by atomic mass is 10.1. The van der Waals surface area contributed by atoms with E-state index in [1.807, 2.05) is 6.92 Å². The van der Waals surface area contributed by atoms with Crippen molar-refractivity contribution in [3.05, 3.63) is 12.2 Å². The minimum atomic E-state index is 0.377. The Balaban J connectivity index is 3.46. The maximum Gasteiger partial charge on any atom is 0.0700 e. The van der Waals surface area contributed by atoms with Crippen molar-refractivity contribution < 1.29 is 9.47 Å². The van der Waals surface area contributed by atoms with E-state index in [1.54, 1.807) is 7.11 Å². The summed E-state index contributed by atoms with van der Waals surface area (Å²) in [5, 5.41) is 3.36. The zero-order valence-electron chi connectivity index (χ0n) is 9.64. The molecule has 14 heavy (non-hydrogen) atoms. The molecule has 3 heteroatoms. The van der Waals surface area contributed by atoms with Gasteiger partial charge >= 0.3 is 0 Å². The molecule has 1 atom stereocenters. The van der Waals surface area contributed by atoms with Gasteiger partial charge < -0.3 is 14.8 Å². The highest BCUT2D eigenvalue weighted by Crippen LogP contribution is 2.03. The Hall–Kier alpha value is -0.380. The normalized spacial score (nSPS) is 12.8. The molecule has 1 unspecified atom stereocenters. The van der Waals surface area contributed by atoms with Gasteiger partial charge in [-0.2, -0.15) is 0 Å². The zero-order chi connectivity index (χ0) is 10.8. The van der Waals surface area contributed by atoms with Gasteiger partial charge in [0.15, 0.2) is 0 Å². The van der Waals surface area contributed by atoms with Gasteiger partial charge in [-0.25, -0.2) is 0 Å². The maximum atomic E-state index is 5.39. The SMILES string of the molecule is C=C(C)C(CCOCCOC)NCC. The van der Waals surface area contributed by atoms with E-state index in [1.165, 1.54) is 5.57 Å². The average molecular weight is 201 g/mol. The molecule has 0 aromatic heterocycles. The number of hydrogen-bond acceptors (Lipinski definition) is 3. The zero-order valence-corrected chi connectivity index (χ0v) is 9.64. The molecule has 0 saturated carbocycles. The molecule has 0 bridgehead atoms. The van der Waals surface area contributed by atoms with Gasteiger partial charge in [-0.05, 0) is 19.9 Å². The minimum absolute atomic E-state index is 0.377. The largest absolute Gasteiger partial charge is 0.382 e. The van der Waals surface area contributed by atoms with Crippen molar-refractivity contribution >= 4 is 0 Å². The van der Waals surface area contributed by atoms with Crippen LogP contribution >= 0.6 is 0 Å². The van der Waals surface area contributed by atoms with Gasteiger partial charge in [-0.3, -0.25) is 0 Å². The second-order valence-electron chi connectivity index (χ2n) is 3.35. The van der Waals surface area contributed by atoms with E-state index in [0.717, 1.165) is 19.6 Å². The molecule has 0 aromatic carbocycles. The van der Waals surface area contributed by atoms with E-state index in [4.69, 9.17) is 9.47 Å². The lowest BCUT2D eigenvalue weighted by molar-refractivity contribution is 0.0671. The summed E-state index contributed by atoms with van der Waals surface area (Å²) >= 11 is 0. The van der Waals surface area contributed by atoms with Crippen LogP contribution in [0.4, 0.5) is 0 Å². The van der Waals surface area contributed by atoms with Crippen LogP contribution in [0.15, 0.2) is 12.2 Å². The highest BCUT2D eigenvalue weighted by Gasteiger charge is 2.06. The Morgan fingerprint density at radius 3 is 2.57 bits per heavy atom. The first-order valence-corrected chi connectivity index (χ1v) is 5.17. The Kier molecular flexibility index (Phi) is 8.94. The van der Waals surface area contributed by atoms with E-state index in [2.05, 4.69) is 18.8 Å². The molecule has 0 aliphatic heterocycles. The Morgan fingerprint density at radius 2 is 2.07 bits per heavy atom. The fraction of sp³-hybridized carbons (Fsp3) is 0.818. The van der Waals surface area contributed by atoms with Crippen LogP contribution in [0.2, 0.25) is 0 Å². The van der Waals surface area contributed by atoms with Crippen LogP contribution in [0.25, 0.3) is 0 Å². The monoisotopic (exact) mass is 201 g/mol. The predicted molar refractivity (Wildman–Crippen MR) is 59.6 cm³/mol. The molecule has 0 spiro atoms. The second kappa shape index (κ2) is 9.19. The summed E-state index contributed by atoms with van der Waals surface area (Å²) in [7, 11) is 1.68. The average Bonchev–Trinajstić information content (AvgIpc) is 2.15. The van der Waals surface area contributed by atoms with Gasteiger partial charge in [0, 0.05) is 19.8 Å². The van der Waals surface area contributed by atoms with Crippen LogP contribution in [0.1, 0.15) is 20.3 Å². The van der Waals surface area contributed by atoms with Crippen molar-refractivity contribution in [1.82, 2.24) is 5.32 Å². The summed E-state index contributed by atoms with van der Waals surface area (Å²) in [6.07, 6.45) is 0.979. The van der Waals surface area contributed by atoms with Gasteiger partial charge in [0.2, 0.25) is 0 Å². The van der Waals surface area contributed by atoms with Gasteiger partial charge in [0.25, 0.3) is 0 Å². The van der Waals surface area contributed by atoms with Crippen molar-refractivity contribution in [3.63, 3.8) is 0 Å². The van der Waals surface area contributed by atoms with Gasteiger partial charge in [-0.15, -0.1) is 0 Å². The van der Waals surface area contributed by atoms with Crippen LogP contribution in [0, 0.1) is 0 Å². The number of rotatable bonds is 9. The highest BCUT2D eigenvalue weighted by atomic mass is 16.5. The third-order valence-corrected chi connectivity index (χ3v) is 2.03. The Morgan fingerprint density at radius 1 is 1.36 bits per heavy atom. The molecule has 0 amide bonds. The fourth-order valence-electron chi connectivity index (χ4n) is 1.21. The molecular formula is C11H23NO2.